The van der Waals surface area contributed by atoms with E-state index >= 15 is 0 Å². The molecule has 2 aromatic rings. The molecular weight excluding hydrogens is 397 g/mol. The molecule has 0 aliphatic heterocycles. The normalized spacial score (nSPS) is 10.8. The van der Waals surface area contributed by atoms with Crippen molar-refractivity contribution >= 4 is 40.7 Å². The molecule has 1 N–H and O–H groups in total. The maximum atomic E-state index is 12.4. The van der Waals surface area contributed by atoms with E-state index in [1.165, 1.54) is 4.90 Å². The van der Waals surface area contributed by atoms with Crippen molar-refractivity contribution in [2.75, 3.05) is 32.5 Å². The summed E-state index contributed by atoms with van der Waals surface area (Å²) in [5.41, 5.74) is 3.69. The van der Waals surface area contributed by atoms with Gasteiger partial charge in [0.25, 0.3) is 0 Å². The van der Waals surface area contributed by atoms with Gasteiger partial charge in [0.05, 0.1) is 13.1 Å². The summed E-state index contributed by atoms with van der Waals surface area (Å²) in [6.07, 6.45) is 0. The van der Waals surface area contributed by atoms with E-state index in [4.69, 9.17) is 23.2 Å². The van der Waals surface area contributed by atoms with Gasteiger partial charge in [-0.05, 0) is 55.8 Å². The van der Waals surface area contributed by atoms with Crippen molar-refractivity contribution in [3.8, 4) is 0 Å². The minimum absolute atomic E-state index is 0.0121. The molecule has 0 radical (unpaired) electrons. The molecule has 0 aliphatic carbocycles. The summed E-state index contributed by atoms with van der Waals surface area (Å²) in [7, 11) is 3.45. The van der Waals surface area contributed by atoms with Crippen LogP contribution in [0.5, 0.6) is 0 Å². The van der Waals surface area contributed by atoms with Crippen LogP contribution in [0.4, 0.5) is 5.69 Å². The van der Waals surface area contributed by atoms with Crippen molar-refractivity contribution in [3.05, 3.63) is 63.1 Å². The zero-order valence-electron chi connectivity index (χ0n) is 16.6. The summed E-state index contributed by atoms with van der Waals surface area (Å²) in [4.78, 5) is 28.0. The van der Waals surface area contributed by atoms with Crippen molar-refractivity contribution in [3.63, 3.8) is 0 Å². The number of carbonyl (C=O) groups is 2. The molecule has 28 heavy (non-hydrogen) atoms. The molecule has 2 rings (SSSR count). The molecule has 0 fully saturated rings. The van der Waals surface area contributed by atoms with Gasteiger partial charge in [-0.15, -0.1) is 0 Å². The average molecular weight is 422 g/mol. The highest BCUT2D eigenvalue weighted by Crippen LogP contribution is 2.22. The zero-order chi connectivity index (χ0) is 20.8. The molecule has 0 atom stereocenters. The van der Waals surface area contributed by atoms with Crippen LogP contribution in [0.25, 0.3) is 0 Å². The second-order valence-electron chi connectivity index (χ2n) is 7.02. The highest BCUT2D eigenvalue weighted by Gasteiger charge is 2.16. The fourth-order valence-corrected chi connectivity index (χ4v) is 3.18. The quantitative estimate of drug-likeness (QED) is 0.730. The minimum Gasteiger partial charge on any atom is -0.335 e. The minimum atomic E-state index is -0.229. The average Bonchev–Trinajstić information content (AvgIpc) is 2.60. The van der Waals surface area contributed by atoms with E-state index in [-0.39, 0.29) is 24.9 Å². The smallest absolute Gasteiger partial charge is 0.243 e. The summed E-state index contributed by atoms with van der Waals surface area (Å²) in [5, 5.41) is 4.00. The summed E-state index contributed by atoms with van der Waals surface area (Å²) >= 11 is 12.1. The van der Waals surface area contributed by atoms with Crippen LogP contribution in [0.2, 0.25) is 10.0 Å². The Morgan fingerprint density at radius 1 is 1.00 bits per heavy atom. The van der Waals surface area contributed by atoms with E-state index in [0.29, 0.717) is 16.6 Å². The Balaban J connectivity index is 1.87. The molecule has 0 bridgehead atoms. The zero-order valence-corrected chi connectivity index (χ0v) is 18.1. The van der Waals surface area contributed by atoms with Crippen LogP contribution in [-0.4, -0.2) is 48.8 Å². The van der Waals surface area contributed by atoms with E-state index in [2.05, 4.69) is 5.32 Å². The van der Waals surface area contributed by atoms with Crippen LogP contribution in [-0.2, 0) is 16.1 Å². The third-order valence-corrected chi connectivity index (χ3v) is 4.92. The first-order chi connectivity index (χ1) is 13.2. The molecule has 0 aromatic heterocycles. The number of benzene rings is 2. The number of likely N-dealkylation sites (N-methyl/N-ethyl adjacent to an activating group) is 2. The number of hydrogen-bond donors (Lipinski definition) is 1. The molecule has 2 amide bonds. The van der Waals surface area contributed by atoms with Crippen LogP contribution in [0, 0.1) is 13.8 Å². The topological polar surface area (TPSA) is 52.7 Å². The van der Waals surface area contributed by atoms with Crippen LogP contribution in [0.1, 0.15) is 16.7 Å². The van der Waals surface area contributed by atoms with Crippen molar-refractivity contribution in [2.24, 2.45) is 0 Å². The van der Waals surface area contributed by atoms with Gasteiger partial charge in [0, 0.05) is 29.3 Å². The predicted molar refractivity (Wildman–Crippen MR) is 115 cm³/mol. The summed E-state index contributed by atoms with van der Waals surface area (Å²) in [6, 6.07) is 11.1. The molecule has 150 valence electrons. The van der Waals surface area contributed by atoms with Gasteiger partial charge in [-0.3, -0.25) is 14.5 Å². The number of rotatable bonds is 7. The first-order valence-corrected chi connectivity index (χ1v) is 9.65. The van der Waals surface area contributed by atoms with Gasteiger partial charge in [0.1, 0.15) is 0 Å². The fourth-order valence-electron chi connectivity index (χ4n) is 2.71. The van der Waals surface area contributed by atoms with Crippen LogP contribution in [0.15, 0.2) is 36.4 Å². The second kappa shape index (κ2) is 9.92. The number of aryl methyl sites for hydroxylation is 2. The van der Waals surface area contributed by atoms with E-state index < -0.39 is 0 Å². The lowest BCUT2D eigenvalue weighted by molar-refractivity contribution is -0.134. The predicted octanol–water partition coefficient (Wildman–Crippen LogP) is 4.14. The highest BCUT2D eigenvalue weighted by atomic mass is 35.5. The lowest BCUT2D eigenvalue weighted by atomic mass is 10.1. The van der Waals surface area contributed by atoms with Crippen molar-refractivity contribution < 1.29 is 9.59 Å². The lowest BCUT2D eigenvalue weighted by Gasteiger charge is -2.22. The van der Waals surface area contributed by atoms with Gasteiger partial charge in [0.2, 0.25) is 11.8 Å². The van der Waals surface area contributed by atoms with Crippen molar-refractivity contribution in [2.45, 2.75) is 20.4 Å². The number of anilines is 1. The van der Waals surface area contributed by atoms with E-state index in [1.807, 2.05) is 50.1 Å². The Morgan fingerprint density at radius 2 is 1.71 bits per heavy atom. The number of nitrogens with zero attached hydrogens (tertiary/aromatic N) is 2. The Labute approximate surface area is 176 Å². The van der Waals surface area contributed by atoms with Gasteiger partial charge in [-0.25, -0.2) is 0 Å². The third kappa shape index (κ3) is 6.51. The molecule has 0 saturated heterocycles. The Bertz CT molecular complexity index is 871. The van der Waals surface area contributed by atoms with Crippen molar-refractivity contribution in [1.82, 2.24) is 9.80 Å². The maximum absolute atomic E-state index is 12.4. The largest absolute Gasteiger partial charge is 0.335 e. The van der Waals surface area contributed by atoms with Crippen LogP contribution in [0.3, 0.4) is 0 Å². The molecule has 0 aliphatic rings. The second-order valence-corrected chi connectivity index (χ2v) is 7.87. The third-order valence-electron chi connectivity index (χ3n) is 4.33. The van der Waals surface area contributed by atoms with Gasteiger partial charge >= 0.3 is 0 Å². The molecule has 7 heteroatoms. The molecule has 0 unspecified atom stereocenters. The fraction of sp³-hybridized carbons (Fsp3) is 0.333. The molecule has 5 nitrogen and oxygen atoms in total. The van der Waals surface area contributed by atoms with Gasteiger partial charge in [-0.2, -0.15) is 0 Å². The number of nitrogens with one attached hydrogen (secondary N) is 1. The molecule has 0 saturated carbocycles. The van der Waals surface area contributed by atoms with Crippen LogP contribution >= 0.6 is 23.2 Å². The SMILES string of the molecule is Cc1ccc(C)c(NC(=O)CN(C)C(=O)CN(C)Cc2ccc(Cl)cc2Cl)c1. The molecule has 0 heterocycles. The Kier molecular flexibility index (Phi) is 7.87. The van der Waals surface area contributed by atoms with E-state index in [0.717, 1.165) is 22.4 Å². The monoisotopic (exact) mass is 421 g/mol. The van der Waals surface area contributed by atoms with Gasteiger partial charge in [0.15, 0.2) is 0 Å². The Morgan fingerprint density at radius 3 is 2.39 bits per heavy atom. The van der Waals surface area contributed by atoms with E-state index in [1.54, 1.807) is 19.2 Å². The Hall–Kier alpha value is -2.08. The first-order valence-electron chi connectivity index (χ1n) is 8.89. The summed E-state index contributed by atoms with van der Waals surface area (Å²) in [5.74, 6) is -0.378. The van der Waals surface area contributed by atoms with Gasteiger partial charge in [-0.1, -0.05) is 41.4 Å². The molecule has 0 spiro atoms. The number of halogens is 2. The molecular formula is C21H25Cl2N3O2. The summed E-state index contributed by atoms with van der Waals surface area (Å²) < 4.78 is 0. The standard InChI is InChI=1S/C21H25Cl2N3O2/c1-14-5-6-15(2)19(9-14)24-20(27)12-26(4)21(28)13-25(3)11-16-7-8-17(22)10-18(16)23/h5-10H,11-13H2,1-4H3,(H,24,27). The number of hydrogen-bond acceptors (Lipinski definition) is 3. The number of carbonyl (C=O) groups excluding carboxylic acids is 2. The first kappa shape index (κ1) is 22.2. The maximum Gasteiger partial charge on any atom is 0.243 e. The number of amides is 2. The van der Waals surface area contributed by atoms with Gasteiger partial charge < -0.3 is 10.2 Å². The summed E-state index contributed by atoms with van der Waals surface area (Å²) in [6.45, 7) is 4.56. The lowest BCUT2D eigenvalue weighted by Crippen LogP contribution is -2.40. The van der Waals surface area contributed by atoms with Crippen molar-refractivity contribution in [1.29, 1.82) is 0 Å². The highest BCUT2D eigenvalue weighted by molar-refractivity contribution is 6.35. The molecule has 2 aromatic carbocycles. The van der Waals surface area contributed by atoms with Crippen LogP contribution < -0.4 is 5.32 Å². The van der Waals surface area contributed by atoms with E-state index in [9.17, 15) is 9.59 Å².